The molecule has 0 heterocycles. The van der Waals surface area contributed by atoms with Crippen LogP contribution >= 0.6 is 10.6 Å². The molecule has 0 unspecified atom stereocenters. The standard InChI is InChI=1S/C12H13N3O3S/c1-5-11-8(2)6-7-9(3)12(11)10(4)19(13-16,14-17)15-18/h5-7H,1,4H2,2-3H3. The lowest BCUT2D eigenvalue weighted by Crippen LogP contribution is -1.99. The number of hydrogen-bond donors (Lipinski definition) is 0. The molecule has 0 saturated heterocycles. The van der Waals surface area contributed by atoms with Crippen molar-refractivity contribution in [3.8, 4) is 0 Å². The second-order valence-corrected chi connectivity index (χ2v) is 5.84. The van der Waals surface area contributed by atoms with Gasteiger partial charge in [0.15, 0.2) is 10.6 Å². The topological polar surface area (TPSA) is 88.3 Å². The van der Waals surface area contributed by atoms with Crippen LogP contribution in [-0.2, 0) is 0 Å². The maximum absolute atomic E-state index is 10.8. The van der Waals surface area contributed by atoms with Crippen LogP contribution in [-0.4, -0.2) is 0 Å². The Balaban J connectivity index is 3.62. The molecule has 0 bridgehead atoms. The molecule has 7 heteroatoms. The number of nitrogens with zero attached hydrogens (tertiary/aromatic N) is 3. The first-order chi connectivity index (χ1) is 8.97. The van der Waals surface area contributed by atoms with E-state index in [0.29, 0.717) is 11.1 Å². The number of rotatable bonds is 6. The van der Waals surface area contributed by atoms with Gasteiger partial charge >= 0.3 is 0 Å². The van der Waals surface area contributed by atoms with Crippen molar-refractivity contribution in [1.29, 1.82) is 0 Å². The Morgan fingerprint density at radius 2 is 1.58 bits per heavy atom. The highest BCUT2D eigenvalue weighted by atomic mass is 32.3. The monoisotopic (exact) mass is 279 g/mol. The normalized spacial score (nSPS) is 11.5. The summed E-state index contributed by atoms with van der Waals surface area (Å²) in [5.74, 6) is 0. The van der Waals surface area contributed by atoms with E-state index in [1.54, 1.807) is 19.1 Å². The van der Waals surface area contributed by atoms with Crippen LogP contribution in [0.2, 0.25) is 0 Å². The van der Waals surface area contributed by atoms with Crippen LogP contribution in [0.15, 0.2) is 39.0 Å². The Hall–Kier alpha value is -2.15. The summed E-state index contributed by atoms with van der Waals surface area (Å²) in [5, 5.41) is 0. The minimum Gasteiger partial charge on any atom is -0.135 e. The molecule has 6 nitrogen and oxygen atoms in total. The molecular formula is C12H13N3O3S. The molecule has 0 aromatic heterocycles. The van der Waals surface area contributed by atoms with E-state index in [1.165, 1.54) is 0 Å². The number of benzene rings is 1. The molecule has 1 aromatic rings. The summed E-state index contributed by atoms with van der Waals surface area (Å²) >= 11 is 0. The molecule has 0 radical (unpaired) electrons. The predicted octanol–water partition coefficient (Wildman–Crippen LogP) is 4.77. The molecule has 0 saturated carbocycles. The Kier molecular flexibility index (Phi) is 4.44. The van der Waals surface area contributed by atoms with E-state index < -0.39 is 10.6 Å². The van der Waals surface area contributed by atoms with E-state index in [9.17, 15) is 14.7 Å². The zero-order valence-electron chi connectivity index (χ0n) is 10.6. The first kappa shape index (κ1) is 14.9. The lowest BCUT2D eigenvalue weighted by Gasteiger charge is -2.21. The molecule has 0 N–H and O–H groups in total. The first-order valence-electron chi connectivity index (χ1n) is 5.26. The number of aryl methyl sites for hydroxylation is 2. The Labute approximate surface area is 112 Å². The van der Waals surface area contributed by atoms with Gasteiger partial charge < -0.3 is 0 Å². The molecule has 0 spiro atoms. The Morgan fingerprint density at radius 3 is 2.00 bits per heavy atom. The van der Waals surface area contributed by atoms with E-state index in [4.69, 9.17) is 0 Å². The predicted molar refractivity (Wildman–Crippen MR) is 80.0 cm³/mol. The van der Waals surface area contributed by atoms with Gasteiger partial charge in [0.05, 0.1) is 4.91 Å². The van der Waals surface area contributed by atoms with Crippen LogP contribution in [0.5, 0.6) is 0 Å². The van der Waals surface area contributed by atoms with Crippen LogP contribution in [0.4, 0.5) is 0 Å². The van der Waals surface area contributed by atoms with Gasteiger partial charge in [-0.1, -0.05) is 31.4 Å². The van der Waals surface area contributed by atoms with Gasteiger partial charge in [0.1, 0.15) is 0 Å². The van der Waals surface area contributed by atoms with Gasteiger partial charge in [-0.3, -0.25) is 0 Å². The smallest absolute Gasteiger partial charge is 0.135 e. The quantitative estimate of drug-likeness (QED) is 0.703. The third kappa shape index (κ3) is 2.37. The molecule has 100 valence electrons. The van der Waals surface area contributed by atoms with E-state index in [-0.39, 0.29) is 4.91 Å². The summed E-state index contributed by atoms with van der Waals surface area (Å²) in [6.07, 6.45) is 1.56. The van der Waals surface area contributed by atoms with Gasteiger partial charge in [-0.2, -0.15) is 0 Å². The summed E-state index contributed by atoms with van der Waals surface area (Å²) in [6.45, 7) is 10.9. The number of nitroso groups, excluding NO2 is 3. The summed E-state index contributed by atoms with van der Waals surface area (Å²) in [6, 6.07) is 3.64. The minimum absolute atomic E-state index is 0.0661. The van der Waals surface area contributed by atoms with Crippen molar-refractivity contribution in [2.75, 3.05) is 0 Å². The molecule has 0 fully saturated rings. The first-order valence-corrected chi connectivity index (χ1v) is 6.76. The summed E-state index contributed by atoms with van der Waals surface area (Å²) < 4.78 is 7.56. The van der Waals surface area contributed by atoms with Gasteiger partial charge in [0.2, 0.25) is 0 Å². The average Bonchev–Trinajstić information content (AvgIpc) is 2.43. The van der Waals surface area contributed by atoms with Crippen molar-refractivity contribution in [2.24, 2.45) is 13.7 Å². The molecule has 0 aliphatic carbocycles. The fourth-order valence-electron chi connectivity index (χ4n) is 1.78. The average molecular weight is 279 g/mol. The molecule has 19 heavy (non-hydrogen) atoms. The third-order valence-corrected chi connectivity index (χ3v) is 4.29. The number of hydrogen-bond acceptors (Lipinski definition) is 6. The SMILES string of the molecule is C=Cc1c(C)ccc(C)c1C(=C)S(N=O)(N=O)N=O. The van der Waals surface area contributed by atoms with E-state index in [2.05, 4.69) is 26.9 Å². The van der Waals surface area contributed by atoms with Crippen molar-refractivity contribution in [3.05, 3.63) is 62.3 Å². The lowest BCUT2D eigenvalue weighted by atomic mass is 9.97. The maximum Gasteiger partial charge on any atom is 0.197 e. The van der Waals surface area contributed by atoms with Gasteiger partial charge in [-0.15, -0.1) is 14.7 Å². The molecule has 0 amide bonds. The molecule has 0 aliphatic rings. The second kappa shape index (κ2) is 5.66. The molecule has 1 aromatic carbocycles. The van der Waals surface area contributed by atoms with E-state index >= 15 is 0 Å². The molecular weight excluding hydrogens is 266 g/mol. The second-order valence-electron chi connectivity index (χ2n) is 3.86. The van der Waals surface area contributed by atoms with Crippen LogP contribution in [0.3, 0.4) is 0 Å². The van der Waals surface area contributed by atoms with Crippen molar-refractivity contribution < 1.29 is 0 Å². The zero-order valence-corrected chi connectivity index (χ0v) is 11.4. The molecule has 1 rings (SSSR count). The van der Waals surface area contributed by atoms with Crippen LogP contribution in [0.25, 0.3) is 11.0 Å². The fourth-order valence-corrected chi connectivity index (χ4v) is 2.67. The summed E-state index contributed by atoms with van der Waals surface area (Å²) in [4.78, 5) is 32.4. The van der Waals surface area contributed by atoms with Crippen LogP contribution in [0.1, 0.15) is 22.3 Å². The van der Waals surface area contributed by atoms with E-state index in [0.717, 1.165) is 11.1 Å². The molecule has 0 aliphatic heterocycles. The highest BCUT2D eigenvalue weighted by Crippen LogP contribution is 2.63. The summed E-state index contributed by atoms with van der Waals surface area (Å²) in [7, 11) is -3.55. The van der Waals surface area contributed by atoms with Crippen molar-refractivity contribution in [3.63, 3.8) is 0 Å². The zero-order chi connectivity index (χ0) is 14.6. The third-order valence-electron chi connectivity index (χ3n) is 2.80. The Morgan fingerprint density at radius 1 is 1.11 bits per heavy atom. The van der Waals surface area contributed by atoms with Gasteiger partial charge in [0, 0.05) is 19.3 Å². The highest BCUT2D eigenvalue weighted by Gasteiger charge is 2.35. The highest BCUT2D eigenvalue weighted by molar-refractivity contribution is 8.37. The van der Waals surface area contributed by atoms with Gasteiger partial charge in [0.25, 0.3) is 0 Å². The largest absolute Gasteiger partial charge is 0.197 e. The summed E-state index contributed by atoms with van der Waals surface area (Å²) in [5.41, 5.74) is 2.76. The fraction of sp³-hybridized carbons (Fsp3) is 0.167. The molecule has 0 atom stereocenters. The van der Waals surface area contributed by atoms with Crippen LogP contribution in [0, 0.1) is 28.6 Å². The van der Waals surface area contributed by atoms with Gasteiger partial charge in [-0.05, 0) is 30.5 Å². The Bertz CT molecular complexity index is 562. The van der Waals surface area contributed by atoms with Crippen LogP contribution < -0.4 is 0 Å². The van der Waals surface area contributed by atoms with Crippen molar-refractivity contribution in [2.45, 2.75) is 13.8 Å². The minimum atomic E-state index is -3.55. The van der Waals surface area contributed by atoms with E-state index in [1.807, 2.05) is 13.0 Å². The maximum atomic E-state index is 10.8. The van der Waals surface area contributed by atoms with Crippen molar-refractivity contribution >= 4 is 21.6 Å². The van der Waals surface area contributed by atoms with Gasteiger partial charge in [-0.25, -0.2) is 0 Å². The lowest BCUT2D eigenvalue weighted by molar-refractivity contribution is 1.35. The van der Waals surface area contributed by atoms with Crippen molar-refractivity contribution in [1.82, 2.24) is 0 Å².